The predicted molar refractivity (Wildman–Crippen MR) is 162 cm³/mol. The van der Waals surface area contributed by atoms with Gasteiger partial charge < -0.3 is 9.64 Å². The minimum atomic E-state index is -2.85. The van der Waals surface area contributed by atoms with Crippen LogP contribution in [0, 0.1) is 11.8 Å². The number of anilines is 1. The number of ether oxygens (including phenoxy) is 1. The average molecular weight is 583 g/mol. The number of aryl methyl sites for hydroxylation is 1. The predicted octanol–water partition coefficient (Wildman–Crippen LogP) is 5.73. The number of fused-ring (bicyclic) bond motifs is 4. The standard InChI is InChI=1S/C32H39ClN2O4S/c1-21-6-3-4-8-29(36)26-12-9-24(26)18-35-19-32(15-5-7-22-16-25(33)11-13-27(22)32)20-39-30-14-10-23(17-28(30)35)31(37)34-40(21,2)38/h10-11,13-14,16-17,21,24,26H,2-9,12,15,18-20H2,1H3,(H,34,37,38)/t21-,24-,26+,32-,40?/m0/s1. The number of carbonyl (C=O) groups excluding carboxylic acids is 2. The summed E-state index contributed by atoms with van der Waals surface area (Å²) in [6, 6.07) is 11.7. The number of hydrogen-bond donors (Lipinski definition) is 1. The van der Waals surface area contributed by atoms with Crippen molar-refractivity contribution >= 4 is 44.6 Å². The number of benzene rings is 2. The molecule has 0 radical (unpaired) electrons. The van der Waals surface area contributed by atoms with E-state index in [4.69, 9.17) is 16.3 Å². The summed E-state index contributed by atoms with van der Waals surface area (Å²) in [5.41, 5.74) is 3.64. The van der Waals surface area contributed by atoms with Gasteiger partial charge in [0.25, 0.3) is 5.91 Å². The molecular formula is C32H39ClN2O4S. The number of nitrogens with one attached hydrogen (secondary N) is 1. The largest absolute Gasteiger partial charge is 0.490 e. The van der Waals surface area contributed by atoms with Crippen molar-refractivity contribution in [1.82, 2.24) is 4.72 Å². The van der Waals surface area contributed by atoms with Crippen molar-refractivity contribution in [2.45, 2.75) is 75.4 Å². The zero-order chi connectivity index (χ0) is 28.1. The summed E-state index contributed by atoms with van der Waals surface area (Å²) >= 11 is 6.38. The molecule has 1 unspecified atom stereocenters. The van der Waals surface area contributed by atoms with Crippen molar-refractivity contribution in [2.24, 2.45) is 11.8 Å². The highest BCUT2D eigenvalue weighted by atomic mass is 35.5. The molecule has 1 saturated carbocycles. The molecule has 1 amide bonds. The van der Waals surface area contributed by atoms with Crippen molar-refractivity contribution in [1.29, 1.82) is 0 Å². The zero-order valence-electron chi connectivity index (χ0n) is 23.3. The second-order valence-electron chi connectivity index (χ2n) is 12.4. The lowest BCUT2D eigenvalue weighted by atomic mass is 9.68. The molecule has 2 aromatic rings. The quantitative estimate of drug-likeness (QED) is 0.401. The molecule has 8 heteroatoms. The van der Waals surface area contributed by atoms with Gasteiger partial charge in [-0.25, -0.2) is 4.21 Å². The molecule has 2 heterocycles. The second kappa shape index (κ2) is 10.7. The molecule has 2 aliphatic carbocycles. The lowest BCUT2D eigenvalue weighted by Gasteiger charge is -2.44. The van der Waals surface area contributed by atoms with Crippen molar-refractivity contribution < 1.29 is 18.5 Å². The average Bonchev–Trinajstić information content (AvgIpc) is 3.05. The van der Waals surface area contributed by atoms with Crippen molar-refractivity contribution in [3.05, 3.63) is 58.1 Å². The number of carbonyl (C=O) groups is 2. The normalized spacial score (nSPS) is 32.6. The van der Waals surface area contributed by atoms with Gasteiger partial charge >= 0.3 is 0 Å². The molecule has 6 nitrogen and oxygen atoms in total. The summed E-state index contributed by atoms with van der Waals surface area (Å²) in [7, 11) is -2.85. The van der Waals surface area contributed by atoms with Crippen LogP contribution in [0.15, 0.2) is 36.4 Å². The monoisotopic (exact) mass is 582 g/mol. The maximum Gasteiger partial charge on any atom is 0.262 e. The van der Waals surface area contributed by atoms with Gasteiger partial charge in [0.2, 0.25) is 0 Å². The second-order valence-corrected chi connectivity index (χ2v) is 15.3. The Labute approximate surface area is 242 Å². The Bertz CT molecular complexity index is 1440. The van der Waals surface area contributed by atoms with Crippen LogP contribution in [0.2, 0.25) is 5.02 Å². The van der Waals surface area contributed by atoms with Crippen molar-refractivity contribution in [3.63, 3.8) is 0 Å². The van der Waals surface area contributed by atoms with Crippen LogP contribution in [0.3, 0.4) is 0 Å². The Morgan fingerprint density at radius 1 is 1.07 bits per heavy atom. The van der Waals surface area contributed by atoms with Gasteiger partial charge in [0.1, 0.15) is 11.5 Å². The molecule has 2 aliphatic heterocycles. The summed E-state index contributed by atoms with van der Waals surface area (Å²) in [4.78, 5) is 29.0. The Kier molecular flexibility index (Phi) is 7.41. The Balaban J connectivity index is 1.41. The van der Waals surface area contributed by atoms with E-state index < -0.39 is 9.71 Å². The Morgan fingerprint density at radius 3 is 2.73 bits per heavy atom. The van der Waals surface area contributed by atoms with Gasteiger partial charge in [-0.1, -0.05) is 24.1 Å². The van der Waals surface area contributed by atoms with Crippen LogP contribution < -0.4 is 14.4 Å². The maximum absolute atomic E-state index is 13.4. The van der Waals surface area contributed by atoms with Crippen LogP contribution in [0.1, 0.15) is 79.8 Å². The van der Waals surface area contributed by atoms with Crippen molar-refractivity contribution in [2.75, 3.05) is 24.6 Å². The number of Topliss-reactive ketones (excluding diaryl/α,β-unsaturated/α-hetero) is 1. The van der Waals surface area contributed by atoms with Crippen LogP contribution in [0.5, 0.6) is 5.75 Å². The molecule has 5 atom stereocenters. The first-order chi connectivity index (χ1) is 19.1. The van der Waals surface area contributed by atoms with Crippen molar-refractivity contribution in [3.8, 4) is 5.75 Å². The maximum atomic E-state index is 13.4. The number of amides is 1. The van der Waals surface area contributed by atoms with E-state index in [2.05, 4.69) is 27.6 Å². The van der Waals surface area contributed by atoms with E-state index >= 15 is 0 Å². The fourth-order valence-electron chi connectivity index (χ4n) is 7.17. The van der Waals surface area contributed by atoms with Gasteiger partial charge in [-0.05, 0) is 105 Å². The lowest BCUT2D eigenvalue weighted by molar-refractivity contribution is -0.127. The van der Waals surface area contributed by atoms with Gasteiger partial charge in [0.15, 0.2) is 0 Å². The van der Waals surface area contributed by atoms with E-state index in [9.17, 15) is 13.8 Å². The zero-order valence-corrected chi connectivity index (χ0v) is 24.8. The molecule has 0 aromatic heterocycles. The highest BCUT2D eigenvalue weighted by Crippen LogP contribution is 2.46. The molecule has 1 fully saturated rings. The van der Waals surface area contributed by atoms with E-state index in [1.165, 1.54) is 11.1 Å². The van der Waals surface area contributed by atoms with E-state index in [1.807, 2.05) is 25.1 Å². The van der Waals surface area contributed by atoms with E-state index in [0.29, 0.717) is 30.8 Å². The molecule has 40 heavy (non-hydrogen) atoms. The molecule has 4 aliphatic rings. The van der Waals surface area contributed by atoms with E-state index in [-0.39, 0.29) is 28.4 Å². The van der Waals surface area contributed by atoms with E-state index in [1.54, 1.807) is 6.07 Å². The Hall–Kier alpha value is -2.51. The molecule has 214 valence electrons. The molecule has 1 N–H and O–H groups in total. The van der Waals surface area contributed by atoms with Gasteiger partial charge in [0, 0.05) is 46.7 Å². The highest BCUT2D eigenvalue weighted by Gasteiger charge is 2.44. The molecule has 2 aromatic carbocycles. The molecular weight excluding hydrogens is 544 g/mol. The Morgan fingerprint density at radius 2 is 1.93 bits per heavy atom. The third-order valence-corrected chi connectivity index (χ3v) is 12.1. The fraction of sp³-hybridized carbons (Fsp3) is 0.531. The summed E-state index contributed by atoms with van der Waals surface area (Å²) < 4.78 is 22.6. The van der Waals surface area contributed by atoms with Gasteiger partial charge in [-0.3, -0.25) is 14.3 Å². The number of hydrogen-bond acceptors (Lipinski definition) is 5. The minimum Gasteiger partial charge on any atom is -0.490 e. The third kappa shape index (κ3) is 5.16. The first kappa shape index (κ1) is 27.6. The van der Waals surface area contributed by atoms with Crippen LogP contribution in [0.25, 0.3) is 0 Å². The van der Waals surface area contributed by atoms with Crippen LogP contribution in [-0.4, -0.2) is 46.7 Å². The number of nitrogens with zero attached hydrogens (tertiary/aromatic N) is 1. The van der Waals surface area contributed by atoms with Crippen LogP contribution in [0.4, 0.5) is 5.69 Å². The minimum absolute atomic E-state index is 0.0786. The van der Waals surface area contributed by atoms with Gasteiger partial charge in [0.05, 0.1) is 22.0 Å². The summed E-state index contributed by atoms with van der Waals surface area (Å²) in [6.45, 7) is 3.88. The SMILES string of the molecule is C=S1(=O)NC(=O)c2ccc3c(c2)N(C[C@@H]2CC[C@H]2C(=O)CCCC[C@@H]1C)C[C@@]1(CCCc2cc(Cl)ccc21)CO3. The molecule has 0 saturated heterocycles. The smallest absolute Gasteiger partial charge is 0.262 e. The lowest BCUT2D eigenvalue weighted by Crippen LogP contribution is -2.49. The number of ketones is 1. The van der Waals surface area contributed by atoms with Gasteiger partial charge in [-0.15, -0.1) is 0 Å². The molecule has 2 bridgehead atoms. The van der Waals surface area contributed by atoms with E-state index in [0.717, 1.165) is 74.5 Å². The van der Waals surface area contributed by atoms with Gasteiger partial charge in [-0.2, -0.15) is 0 Å². The first-order valence-corrected chi connectivity index (χ1v) is 16.8. The summed E-state index contributed by atoms with van der Waals surface area (Å²) in [5.74, 6) is 4.97. The summed E-state index contributed by atoms with van der Waals surface area (Å²) in [5, 5.41) is 0.470. The third-order valence-electron chi connectivity index (χ3n) is 9.78. The molecule has 6 rings (SSSR count). The first-order valence-electron chi connectivity index (χ1n) is 14.7. The highest BCUT2D eigenvalue weighted by molar-refractivity contribution is 7.99. The fourth-order valence-corrected chi connectivity index (χ4v) is 8.55. The number of rotatable bonds is 0. The number of halogens is 1. The van der Waals surface area contributed by atoms with Crippen LogP contribution in [-0.2, 0) is 26.3 Å². The topological polar surface area (TPSA) is 75.7 Å². The summed E-state index contributed by atoms with van der Waals surface area (Å²) in [6.07, 6.45) is 7.80. The van der Waals surface area contributed by atoms with Crippen LogP contribution >= 0.6 is 11.6 Å². The molecule has 1 spiro atoms.